The molecule has 0 unspecified atom stereocenters. The number of nitrogens with one attached hydrogen (secondary N) is 1. The van der Waals surface area contributed by atoms with Crippen molar-refractivity contribution in [3.8, 4) is 11.3 Å². The maximum Gasteiger partial charge on any atom is 0.475 e. The van der Waals surface area contributed by atoms with Crippen LogP contribution in [0, 0.1) is 0 Å². The molecule has 2 heterocycles. The molecule has 3 rings (SSSR count). The molecule has 1 amide bonds. The van der Waals surface area contributed by atoms with Crippen molar-refractivity contribution < 1.29 is 14.8 Å². The van der Waals surface area contributed by atoms with E-state index in [0.717, 1.165) is 16.8 Å². The average Bonchev–Trinajstić information content (AvgIpc) is 3.32. The quantitative estimate of drug-likeness (QED) is 0.517. The van der Waals surface area contributed by atoms with Gasteiger partial charge in [-0.15, -0.1) is 5.10 Å². The van der Waals surface area contributed by atoms with Gasteiger partial charge in [-0.1, -0.05) is 35.5 Å². The molecule has 0 radical (unpaired) electrons. The second kappa shape index (κ2) is 8.75. The molecule has 0 bridgehead atoms. The molecular weight excluding hydrogens is 351 g/mol. The van der Waals surface area contributed by atoms with Crippen LogP contribution in [0.25, 0.3) is 11.3 Å². The summed E-state index contributed by atoms with van der Waals surface area (Å²) >= 11 is 1.53. The molecule has 0 aliphatic heterocycles. The minimum atomic E-state index is -1.62. The lowest BCUT2D eigenvalue weighted by Crippen LogP contribution is -2.48. The number of hydrogen-bond donors (Lipinski definition) is 3. The van der Waals surface area contributed by atoms with Crippen molar-refractivity contribution in [1.82, 2.24) is 20.3 Å². The summed E-state index contributed by atoms with van der Waals surface area (Å²) in [4.78, 5) is 12.1. The number of thiophene rings is 1. The molecule has 3 aromatic rings. The molecule has 0 saturated carbocycles. The summed E-state index contributed by atoms with van der Waals surface area (Å²) in [6.07, 6.45) is 2.32. The molecule has 0 saturated heterocycles. The van der Waals surface area contributed by atoms with Gasteiger partial charge in [0.2, 0.25) is 5.91 Å². The van der Waals surface area contributed by atoms with Crippen LogP contribution in [-0.2, 0) is 17.8 Å². The van der Waals surface area contributed by atoms with Crippen LogP contribution in [0.4, 0.5) is 0 Å². The third-order valence-electron chi connectivity index (χ3n) is 3.92. The van der Waals surface area contributed by atoms with E-state index in [1.54, 1.807) is 10.9 Å². The van der Waals surface area contributed by atoms with E-state index < -0.39 is 13.1 Å². The predicted molar refractivity (Wildman–Crippen MR) is 100 cm³/mol. The standard InChI is InChI=1S/C17H19BN4O3S/c23-17(19-16(18(24)25)10-13-7-9-26-12-13)6-8-22-11-15(20-21-22)14-4-2-1-3-5-14/h1-5,7,9,11-12,16,24-25H,6,8,10H2,(H,19,23)/t16-/m0/s1. The number of aromatic nitrogens is 3. The zero-order valence-corrected chi connectivity index (χ0v) is 14.8. The van der Waals surface area contributed by atoms with Gasteiger partial charge in [0.25, 0.3) is 0 Å². The van der Waals surface area contributed by atoms with Crippen molar-refractivity contribution in [2.24, 2.45) is 0 Å². The Balaban J connectivity index is 1.52. The number of amides is 1. The average molecular weight is 370 g/mol. The van der Waals surface area contributed by atoms with Crippen molar-refractivity contribution in [2.45, 2.75) is 25.3 Å². The number of nitrogens with zero attached hydrogens (tertiary/aromatic N) is 3. The van der Waals surface area contributed by atoms with E-state index >= 15 is 0 Å². The van der Waals surface area contributed by atoms with E-state index in [0.29, 0.717) is 13.0 Å². The fourth-order valence-corrected chi connectivity index (χ4v) is 3.22. The van der Waals surface area contributed by atoms with Gasteiger partial charge < -0.3 is 15.4 Å². The number of carbonyl (C=O) groups excluding carboxylic acids is 1. The Bertz CT molecular complexity index is 824. The van der Waals surface area contributed by atoms with Gasteiger partial charge in [-0.25, -0.2) is 0 Å². The van der Waals surface area contributed by atoms with Crippen LogP contribution in [0.3, 0.4) is 0 Å². The third kappa shape index (κ3) is 5.01. The normalized spacial score (nSPS) is 11.9. The van der Waals surface area contributed by atoms with Crippen LogP contribution in [0.5, 0.6) is 0 Å². The summed E-state index contributed by atoms with van der Waals surface area (Å²) in [5.41, 5.74) is 2.66. The number of aryl methyl sites for hydroxylation is 1. The summed E-state index contributed by atoms with van der Waals surface area (Å²) in [6.45, 7) is 0.359. The maximum absolute atomic E-state index is 12.1. The van der Waals surface area contributed by atoms with Gasteiger partial charge in [0, 0.05) is 12.0 Å². The van der Waals surface area contributed by atoms with Crippen LogP contribution >= 0.6 is 11.3 Å². The summed E-state index contributed by atoms with van der Waals surface area (Å²) in [5.74, 6) is -1.01. The van der Waals surface area contributed by atoms with Gasteiger partial charge in [0.1, 0.15) is 5.69 Å². The third-order valence-corrected chi connectivity index (χ3v) is 4.65. The molecule has 2 aromatic heterocycles. The van der Waals surface area contributed by atoms with Crippen molar-refractivity contribution in [1.29, 1.82) is 0 Å². The van der Waals surface area contributed by atoms with Gasteiger partial charge >= 0.3 is 7.12 Å². The van der Waals surface area contributed by atoms with Crippen LogP contribution in [0.15, 0.2) is 53.4 Å². The zero-order chi connectivity index (χ0) is 18.4. The highest BCUT2D eigenvalue weighted by atomic mass is 32.1. The Morgan fingerprint density at radius 2 is 2.08 bits per heavy atom. The number of rotatable bonds is 8. The number of hydrogen-bond acceptors (Lipinski definition) is 6. The summed E-state index contributed by atoms with van der Waals surface area (Å²) < 4.78 is 1.60. The molecule has 7 nitrogen and oxygen atoms in total. The van der Waals surface area contributed by atoms with Crippen LogP contribution in [0.1, 0.15) is 12.0 Å². The van der Waals surface area contributed by atoms with E-state index in [1.807, 2.05) is 47.2 Å². The smallest absolute Gasteiger partial charge is 0.426 e. The lowest BCUT2D eigenvalue weighted by Gasteiger charge is -2.17. The van der Waals surface area contributed by atoms with E-state index in [4.69, 9.17) is 0 Å². The molecule has 0 spiro atoms. The first kappa shape index (κ1) is 18.3. The Labute approximate surface area is 155 Å². The van der Waals surface area contributed by atoms with Gasteiger partial charge in [0.15, 0.2) is 0 Å². The highest BCUT2D eigenvalue weighted by molar-refractivity contribution is 7.07. The van der Waals surface area contributed by atoms with E-state index in [9.17, 15) is 14.8 Å². The summed E-state index contributed by atoms with van der Waals surface area (Å²) in [6, 6.07) is 11.6. The highest BCUT2D eigenvalue weighted by Gasteiger charge is 2.25. The predicted octanol–water partition coefficient (Wildman–Crippen LogP) is 1.14. The summed E-state index contributed by atoms with van der Waals surface area (Å²) in [7, 11) is -1.62. The van der Waals surface area contributed by atoms with Gasteiger partial charge in [-0.3, -0.25) is 9.48 Å². The molecule has 0 aliphatic rings. The molecule has 9 heteroatoms. The van der Waals surface area contributed by atoms with Crippen LogP contribution < -0.4 is 5.32 Å². The first-order chi connectivity index (χ1) is 12.6. The fraction of sp³-hybridized carbons (Fsp3) is 0.235. The van der Waals surface area contributed by atoms with Gasteiger partial charge in [-0.05, 0) is 28.8 Å². The Kier molecular flexibility index (Phi) is 6.16. The van der Waals surface area contributed by atoms with Crippen molar-refractivity contribution in [3.63, 3.8) is 0 Å². The Morgan fingerprint density at radius 3 is 2.77 bits per heavy atom. The Morgan fingerprint density at radius 1 is 1.27 bits per heavy atom. The lowest BCUT2D eigenvalue weighted by atomic mass is 9.76. The van der Waals surface area contributed by atoms with E-state index in [-0.39, 0.29) is 12.3 Å². The molecule has 3 N–H and O–H groups in total. The molecule has 0 aliphatic carbocycles. The van der Waals surface area contributed by atoms with Crippen LogP contribution in [0.2, 0.25) is 0 Å². The van der Waals surface area contributed by atoms with Gasteiger partial charge in [0.05, 0.1) is 18.7 Å². The molecular formula is C17H19BN4O3S. The molecule has 26 heavy (non-hydrogen) atoms. The topological polar surface area (TPSA) is 100 Å². The SMILES string of the molecule is O=C(CCn1cc(-c2ccccc2)nn1)N[C@@H](Cc1ccsc1)B(O)O. The van der Waals surface area contributed by atoms with Gasteiger partial charge in [-0.2, -0.15) is 11.3 Å². The minimum Gasteiger partial charge on any atom is -0.426 e. The second-order valence-electron chi connectivity index (χ2n) is 5.91. The van der Waals surface area contributed by atoms with E-state index in [2.05, 4.69) is 15.6 Å². The fourth-order valence-electron chi connectivity index (χ4n) is 2.54. The highest BCUT2D eigenvalue weighted by Crippen LogP contribution is 2.15. The summed E-state index contributed by atoms with van der Waals surface area (Å²) in [5, 5.41) is 33.6. The lowest BCUT2D eigenvalue weighted by molar-refractivity contribution is -0.121. The second-order valence-corrected chi connectivity index (χ2v) is 6.69. The molecule has 0 fully saturated rings. The minimum absolute atomic E-state index is 0.171. The first-order valence-corrected chi connectivity index (χ1v) is 9.18. The molecule has 1 atom stereocenters. The van der Waals surface area contributed by atoms with Crippen LogP contribution in [-0.4, -0.2) is 44.0 Å². The number of carbonyl (C=O) groups is 1. The molecule has 134 valence electrons. The zero-order valence-electron chi connectivity index (χ0n) is 14.0. The monoisotopic (exact) mass is 370 g/mol. The van der Waals surface area contributed by atoms with Crippen molar-refractivity contribution >= 4 is 24.4 Å². The van der Waals surface area contributed by atoms with Crippen molar-refractivity contribution in [2.75, 3.05) is 0 Å². The number of benzene rings is 1. The molecule has 1 aromatic carbocycles. The van der Waals surface area contributed by atoms with Crippen molar-refractivity contribution in [3.05, 3.63) is 58.9 Å². The van der Waals surface area contributed by atoms with E-state index in [1.165, 1.54) is 11.3 Å². The largest absolute Gasteiger partial charge is 0.475 e. The Hall–Kier alpha value is -2.49. The maximum atomic E-state index is 12.1. The first-order valence-electron chi connectivity index (χ1n) is 8.24.